The number of halogens is 1. The highest BCUT2D eigenvalue weighted by atomic mass is 19.1. The van der Waals surface area contributed by atoms with Gasteiger partial charge >= 0.3 is 0 Å². The topological polar surface area (TPSA) is 57.7 Å². The third-order valence-corrected chi connectivity index (χ3v) is 5.38. The molecule has 25 heavy (non-hydrogen) atoms. The minimum atomic E-state index is -1.30. The van der Waals surface area contributed by atoms with Gasteiger partial charge in [-0.05, 0) is 36.5 Å². The van der Waals surface area contributed by atoms with E-state index in [9.17, 15) is 18.8 Å². The molecule has 2 aliphatic heterocycles. The molecule has 0 unspecified atom stereocenters. The molecule has 0 aliphatic carbocycles. The zero-order valence-electron chi connectivity index (χ0n) is 14.6. The SMILES string of the molecule is C[C@@H]1CCCN(C(=O)C[C@]2(c3cccc(F)c3)CC(=O)N(C)C2=O)C1. The molecule has 0 aromatic heterocycles. The fourth-order valence-corrected chi connectivity index (χ4v) is 3.92. The minimum Gasteiger partial charge on any atom is -0.342 e. The number of benzene rings is 1. The van der Waals surface area contributed by atoms with Crippen molar-refractivity contribution in [1.29, 1.82) is 0 Å². The fourth-order valence-electron chi connectivity index (χ4n) is 3.92. The van der Waals surface area contributed by atoms with E-state index in [-0.39, 0.29) is 24.7 Å². The molecule has 3 amide bonds. The van der Waals surface area contributed by atoms with Crippen LogP contribution in [0.15, 0.2) is 24.3 Å². The summed E-state index contributed by atoms with van der Waals surface area (Å²) in [6.45, 7) is 3.43. The third kappa shape index (κ3) is 3.17. The van der Waals surface area contributed by atoms with Crippen molar-refractivity contribution in [3.05, 3.63) is 35.6 Å². The molecule has 134 valence electrons. The van der Waals surface area contributed by atoms with E-state index in [2.05, 4.69) is 6.92 Å². The summed E-state index contributed by atoms with van der Waals surface area (Å²) in [5, 5.41) is 0. The first-order valence-corrected chi connectivity index (χ1v) is 8.68. The predicted molar refractivity (Wildman–Crippen MR) is 90.1 cm³/mol. The lowest BCUT2D eigenvalue weighted by Crippen LogP contribution is -2.45. The summed E-state index contributed by atoms with van der Waals surface area (Å²) in [4.78, 5) is 40.7. The minimum absolute atomic E-state index is 0.0963. The average molecular weight is 346 g/mol. The standard InChI is InChI=1S/C19H23FN2O3/c1-13-5-4-8-22(12-13)17(24)11-19(10-16(23)21(2)18(19)25)14-6-3-7-15(20)9-14/h3,6-7,9,13H,4-5,8,10-12H2,1-2H3/t13-,19+/m1/s1. The molecular weight excluding hydrogens is 323 g/mol. The molecule has 2 aliphatic rings. The highest BCUT2D eigenvalue weighted by molar-refractivity contribution is 6.10. The van der Waals surface area contributed by atoms with Crippen LogP contribution in [0.25, 0.3) is 0 Å². The van der Waals surface area contributed by atoms with Gasteiger partial charge in [-0.15, -0.1) is 0 Å². The van der Waals surface area contributed by atoms with Crippen molar-refractivity contribution in [3.8, 4) is 0 Å². The van der Waals surface area contributed by atoms with E-state index in [0.717, 1.165) is 17.7 Å². The maximum Gasteiger partial charge on any atom is 0.240 e. The molecule has 5 nitrogen and oxygen atoms in total. The van der Waals surface area contributed by atoms with Crippen molar-refractivity contribution in [2.75, 3.05) is 20.1 Å². The van der Waals surface area contributed by atoms with E-state index in [1.165, 1.54) is 25.2 Å². The number of rotatable bonds is 3. The quantitative estimate of drug-likeness (QED) is 0.788. The number of imide groups is 1. The first kappa shape index (κ1) is 17.6. The third-order valence-electron chi connectivity index (χ3n) is 5.38. The number of likely N-dealkylation sites (N-methyl/N-ethyl adjacent to an activating group) is 1. The molecule has 6 heteroatoms. The van der Waals surface area contributed by atoms with Gasteiger partial charge < -0.3 is 4.90 Å². The van der Waals surface area contributed by atoms with Gasteiger partial charge in [-0.3, -0.25) is 19.3 Å². The lowest BCUT2D eigenvalue weighted by molar-refractivity contribution is -0.142. The van der Waals surface area contributed by atoms with Crippen LogP contribution in [-0.2, 0) is 19.8 Å². The van der Waals surface area contributed by atoms with Crippen LogP contribution in [0.4, 0.5) is 4.39 Å². The van der Waals surface area contributed by atoms with Crippen molar-refractivity contribution in [2.45, 2.75) is 38.0 Å². The molecule has 0 saturated carbocycles. The number of carbonyl (C=O) groups excluding carboxylic acids is 3. The normalized spacial score (nSPS) is 27.1. The van der Waals surface area contributed by atoms with E-state index in [1.54, 1.807) is 11.0 Å². The van der Waals surface area contributed by atoms with Crippen LogP contribution < -0.4 is 0 Å². The zero-order chi connectivity index (χ0) is 18.2. The van der Waals surface area contributed by atoms with Gasteiger partial charge in [0.2, 0.25) is 17.7 Å². The van der Waals surface area contributed by atoms with E-state index in [4.69, 9.17) is 0 Å². The Bertz CT molecular complexity index is 720. The fraction of sp³-hybridized carbons (Fsp3) is 0.526. The Hall–Kier alpha value is -2.24. The molecule has 0 radical (unpaired) electrons. The Morgan fingerprint density at radius 1 is 1.36 bits per heavy atom. The summed E-state index contributed by atoms with van der Waals surface area (Å²) in [6.07, 6.45) is 1.82. The Morgan fingerprint density at radius 2 is 2.12 bits per heavy atom. The summed E-state index contributed by atoms with van der Waals surface area (Å²) in [7, 11) is 1.42. The van der Waals surface area contributed by atoms with Crippen LogP contribution >= 0.6 is 0 Å². The van der Waals surface area contributed by atoms with Crippen LogP contribution in [0.2, 0.25) is 0 Å². The summed E-state index contributed by atoms with van der Waals surface area (Å²) >= 11 is 0. The molecule has 0 N–H and O–H groups in total. The molecule has 3 rings (SSSR count). The van der Waals surface area contributed by atoms with Gasteiger partial charge in [-0.1, -0.05) is 19.1 Å². The van der Waals surface area contributed by atoms with Gasteiger partial charge in [0.05, 0.1) is 5.41 Å². The zero-order valence-corrected chi connectivity index (χ0v) is 14.6. The van der Waals surface area contributed by atoms with Crippen molar-refractivity contribution in [2.24, 2.45) is 5.92 Å². The lowest BCUT2D eigenvalue weighted by atomic mass is 9.75. The number of piperidine rings is 1. The van der Waals surface area contributed by atoms with Gasteiger partial charge in [-0.25, -0.2) is 4.39 Å². The van der Waals surface area contributed by atoms with Gasteiger partial charge in [0, 0.05) is 33.0 Å². The number of carbonyl (C=O) groups is 3. The molecule has 2 saturated heterocycles. The Labute approximate surface area is 146 Å². The number of nitrogens with zero attached hydrogens (tertiary/aromatic N) is 2. The number of amides is 3. The summed E-state index contributed by atoms with van der Waals surface area (Å²) in [5.41, 5.74) is -0.903. The van der Waals surface area contributed by atoms with Crippen molar-refractivity contribution < 1.29 is 18.8 Å². The maximum absolute atomic E-state index is 13.8. The highest BCUT2D eigenvalue weighted by Gasteiger charge is 2.53. The van der Waals surface area contributed by atoms with E-state index in [1.807, 2.05) is 0 Å². The number of likely N-dealkylation sites (tertiary alicyclic amines) is 2. The predicted octanol–water partition coefficient (Wildman–Crippen LogP) is 2.10. The van der Waals surface area contributed by atoms with E-state index < -0.39 is 17.1 Å². The maximum atomic E-state index is 13.8. The summed E-state index contributed by atoms with van der Waals surface area (Å²) in [6, 6.07) is 5.68. The first-order valence-electron chi connectivity index (χ1n) is 8.68. The summed E-state index contributed by atoms with van der Waals surface area (Å²) in [5.74, 6) is -0.972. The number of hydrogen-bond acceptors (Lipinski definition) is 3. The van der Waals surface area contributed by atoms with Gasteiger partial charge in [0.1, 0.15) is 5.82 Å². The molecule has 2 heterocycles. The van der Waals surface area contributed by atoms with E-state index in [0.29, 0.717) is 24.6 Å². The van der Waals surface area contributed by atoms with Gasteiger partial charge in [0.15, 0.2) is 0 Å². The van der Waals surface area contributed by atoms with Crippen LogP contribution in [0, 0.1) is 11.7 Å². The second-order valence-corrected chi connectivity index (χ2v) is 7.29. The first-order chi connectivity index (χ1) is 11.8. The molecule has 0 spiro atoms. The monoisotopic (exact) mass is 346 g/mol. The molecule has 0 bridgehead atoms. The highest BCUT2D eigenvalue weighted by Crippen LogP contribution is 2.40. The molecule has 2 fully saturated rings. The van der Waals surface area contributed by atoms with Gasteiger partial charge in [-0.2, -0.15) is 0 Å². The Kier molecular flexibility index (Phi) is 4.62. The smallest absolute Gasteiger partial charge is 0.240 e. The number of hydrogen-bond donors (Lipinski definition) is 0. The Balaban J connectivity index is 1.94. The average Bonchev–Trinajstić information content (AvgIpc) is 2.80. The lowest BCUT2D eigenvalue weighted by Gasteiger charge is -2.34. The van der Waals surface area contributed by atoms with Crippen LogP contribution in [-0.4, -0.2) is 47.7 Å². The molecule has 2 atom stereocenters. The van der Waals surface area contributed by atoms with Crippen LogP contribution in [0.5, 0.6) is 0 Å². The Morgan fingerprint density at radius 3 is 2.72 bits per heavy atom. The molecule has 1 aromatic carbocycles. The molecule has 1 aromatic rings. The second-order valence-electron chi connectivity index (χ2n) is 7.29. The summed E-state index contributed by atoms with van der Waals surface area (Å²) < 4.78 is 13.8. The molecular formula is C19H23FN2O3. The largest absolute Gasteiger partial charge is 0.342 e. The van der Waals surface area contributed by atoms with Crippen molar-refractivity contribution in [1.82, 2.24) is 9.80 Å². The van der Waals surface area contributed by atoms with Crippen LogP contribution in [0.1, 0.15) is 38.2 Å². The van der Waals surface area contributed by atoms with Gasteiger partial charge in [0.25, 0.3) is 0 Å². The van der Waals surface area contributed by atoms with E-state index >= 15 is 0 Å². The van der Waals surface area contributed by atoms with Crippen LogP contribution in [0.3, 0.4) is 0 Å². The second kappa shape index (κ2) is 6.58. The van der Waals surface area contributed by atoms with Crippen molar-refractivity contribution >= 4 is 17.7 Å². The van der Waals surface area contributed by atoms with Crippen molar-refractivity contribution in [3.63, 3.8) is 0 Å².